The number of rotatable bonds is 8. The molecule has 1 saturated heterocycles. The molecular formula is C23H33N5O. The third kappa shape index (κ3) is 7.38. The van der Waals surface area contributed by atoms with Crippen LogP contribution in [0.3, 0.4) is 0 Å². The Kier molecular flexibility index (Phi) is 8.31. The first-order valence-electron chi connectivity index (χ1n) is 10.6. The van der Waals surface area contributed by atoms with Crippen LogP contribution < -0.4 is 15.4 Å². The van der Waals surface area contributed by atoms with Gasteiger partial charge >= 0.3 is 0 Å². The van der Waals surface area contributed by atoms with Gasteiger partial charge in [0.2, 0.25) is 0 Å². The molecule has 1 fully saturated rings. The molecule has 0 amide bonds. The van der Waals surface area contributed by atoms with E-state index in [1.807, 2.05) is 12.1 Å². The number of benzene rings is 1. The lowest BCUT2D eigenvalue weighted by molar-refractivity contribution is 0.198. The minimum absolute atomic E-state index is 0.459. The Morgan fingerprint density at radius 3 is 2.83 bits per heavy atom. The largest absolute Gasteiger partial charge is 0.490 e. The first kappa shape index (κ1) is 21.1. The number of aliphatic imine (C=N–C) groups is 1. The Labute approximate surface area is 174 Å². The van der Waals surface area contributed by atoms with E-state index in [2.05, 4.69) is 63.6 Å². The van der Waals surface area contributed by atoms with Crippen molar-refractivity contribution in [2.45, 2.75) is 39.3 Å². The summed E-state index contributed by atoms with van der Waals surface area (Å²) in [5, 5.41) is 6.94. The normalized spacial score (nSPS) is 15.9. The van der Waals surface area contributed by atoms with E-state index < -0.39 is 0 Å². The Bertz CT molecular complexity index is 757. The Morgan fingerprint density at radius 2 is 2.10 bits per heavy atom. The summed E-state index contributed by atoms with van der Waals surface area (Å²) in [6, 6.07) is 13.1. The van der Waals surface area contributed by atoms with Crippen molar-refractivity contribution in [1.82, 2.24) is 20.5 Å². The van der Waals surface area contributed by atoms with Gasteiger partial charge in [-0.05, 0) is 44.4 Å². The Balaban J connectivity index is 1.41. The van der Waals surface area contributed by atoms with E-state index in [1.165, 1.54) is 11.1 Å². The summed E-state index contributed by atoms with van der Waals surface area (Å²) >= 11 is 0. The molecule has 1 aliphatic rings. The molecule has 1 aromatic heterocycles. The van der Waals surface area contributed by atoms with Gasteiger partial charge in [0, 0.05) is 38.4 Å². The predicted octanol–water partition coefficient (Wildman–Crippen LogP) is 2.99. The summed E-state index contributed by atoms with van der Waals surface area (Å²) in [4.78, 5) is 11.2. The third-order valence-corrected chi connectivity index (χ3v) is 5.03. The average molecular weight is 396 g/mol. The molecule has 0 spiro atoms. The first-order valence-corrected chi connectivity index (χ1v) is 10.6. The second kappa shape index (κ2) is 11.4. The molecule has 3 rings (SSSR count). The number of ether oxygens (including phenoxy) is 1. The van der Waals surface area contributed by atoms with Gasteiger partial charge in [-0.1, -0.05) is 29.8 Å². The number of pyridine rings is 1. The van der Waals surface area contributed by atoms with E-state index >= 15 is 0 Å². The van der Waals surface area contributed by atoms with Crippen molar-refractivity contribution in [1.29, 1.82) is 0 Å². The minimum Gasteiger partial charge on any atom is -0.490 e. The molecule has 2 heterocycles. The highest BCUT2D eigenvalue weighted by Crippen LogP contribution is 2.14. The number of hydrogen-bond acceptors (Lipinski definition) is 4. The van der Waals surface area contributed by atoms with Crippen LogP contribution in [0.4, 0.5) is 0 Å². The molecule has 156 valence electrons. The van der Waals surface area contributed by atoms with Crippen LogP contribution in [0, 0.1) is 6.92 Å². The third-order valence-electron chi connectivity index (χ3n) is 5.03. The van der Waals surface area contributed by atoms with Gasteiger partial charge < -0.3 is 15.4 Å². The van der Waals surface area contributed by atoms with Gasteiger partial charge in [0.25, 0.3) is 0 Å². The molecular weight excluding hydrogens is 362 g/mol. The van der Waals surface area contributed by atoms with Crippen LogP contribution in [0.15, 0.2) is 53.8 Å². The summed E-state index contributed by atoms with van der Waals surface area (Å²) in [6.07, 6.45) is 5.72. The number of hydrogen-bond donors (Lipinski definition) is 2. The van der Waals surface area contributed by atoms with E-state index in [-0.39, 0.29) is 0 Å². The number of nitrogens with one attached hydrogen (secondary N) is 2. The van der Waals surface area contributed by atoms with Gasteiger partial charge in [-0.3, -0.25) is 9.88 Å². The highest BCUT2D eigenvalue weighted by atomic mass is 16.5. The highest BCUT2D eigenvalue weighted by molar-refractivity contribution is 5.80. The number of piperidine rings is 1. The highest BCUT2D eigenvalue weighted by Gasteiger charge is 2.20. The van der Waals surface area contributed by atoms with E-state index in [4.69, 9.17) is 4.74 Å². The summed E-state index contributed by atoms with van der Waals surface area (Å²) in [5.74, 6) is 1.65. The molecule has 0 saturated carbocycles. The van der Waals surface area contributed by atoms with Crippen LogP contribution in [0.25, 0.3) is 0 Å². The first-order chi connectivity index (χ1) is 14.2. The van der Waals surface area contributed by atoms with Crippen molar-refractivity contribution in [3.63, 3.8) is 0 Å². The van der Waals surface area contributed by atoms with Crippen LogP contribution in [-0.2, 0) is 6.54 Å². The zero-order valence-electron chi connectivity index (χ0n) is 17.6. The second-order valence-corrected chi connectivity index (χ2v) is 7.48. The van der Waals surface area contributed by atoms with Crippen LogP contribution in [0.5, 0.6) is 5.75 Å². The fourth-order valence-electron chi connectivity index (χ4n) is 3.57. The monoisotopic (exact) mass is 395 g/mol. The van der Waals surface area contributed by atoms with Crippen molar-refractivity contribution in [2.75, 3.05) is 32.8 Å². The van der Waals surface area contributed by atoms with E-state index in [1.54, 1.807) is 12.4 Å². The number of aryl methyl sites for hydroxylation is 1. The van der Waals surface area contributed by atoms with E-state index in [0.29, 0.717) is 19.2 Å². The molecule has 0 unspecified atom stereocenters. The smallest absolute Gasteiger partial charge is 0.191 e. The molecule has 0 aliphatic carbocycles. The van der Waals surface area contributed by atoms with Gasteiger partial charge in [0.05, 0.1) is 12.7 Å². The lowest BCUT2D eigenvalue weighted by Crippen LogP contribution is -2.48. The Hall–Kier alpha value is -2.60. The lowest BCUT2D eigenvalue weighted by Gasteiger charge is -2.33. The second-order valence-electron chi connectivity index (χ2n) is 7.48. The SMILES string of the molecule is CCNC(=NCCOc1cccnc1)NC1CCN(Cc2cccc(C)c2)CC1. The summed E-state index contributed by atoms with van der Waals surface area (Å²) in [6.45, 7) is 9.49. The maximum Gasteiger partial charge on any atom is 0.191 e. The van der Waals surface area contributed by atoms with Crippen LogP contribution in [0.1, 0.15) is 30.9 Å². The maximum absolute atomic E-state index is 5.67. The van der Waals surface area contributed by atoms with Crippen molar-refractivity contribution >= 4 is 5.96 Å². The predicted molar refractivity (Wildman–Crippen MR) is 118 cm³/mol. The molecule has 2 N–H and O–H groups in total. The van der Waals surface area contributed by atoms with Crippen molar-refractivity contribution in [3.05, 3.63) is 59.9 Å². The van der Waals surface area contributed by atoms with E-state index in [9.17, 15) is 0 Å². The maximum atomic E-state index is 5.67. The van der Waals surface area contributed by atoms with Crippen LogP contribution in [0.2, 0.25) is 0 Å². The van der Waals surface area contributed by atoms with Crippen LogP contribution >= 0.6 is 0 Å². The van der Waals surface area contributed by atoms with Crippen molar-refractivity contribution < 1.29 is 4.74 Å². The number of likely N-dealkylation sites (tertiary alicyclic amines) is 1. The lowest BCUT2D eigenvalue weighted by atomic mass is 10.0. The number of nitrogens with zero attached hydrogens (tertiary/aromatic N) is 3. The molecule has 6 nitrogen and oxygen atoms in total. The molecule has 0 bridgehead atoms. The summed E-state index contributed by atoms with van der Waals surface area (Å²) in [7, 11) is 0. The summed E-state index contributed by atoms with van der Waals surface area (Å²) in [5.41, 5.74) is 2.73. The van der Waals surface area contributed by atoms with Crippen molar-refractivity contribution in [3.8, 4) is 5.75 Å². The van der Waals surface area contributed by atoms with Crippen molar-refractivity contribution in [2.24, 2.45) is 4.99 Å². The van der Waals surface area contributed by atoms with Gasteiger partial charge in [0.1, 0.15) is 12.4 Å². The van der Waals surface area contributed by atoms with Crippen LogP contribution in [-0.4, -0.2) is 54.7 Å². The molecule has 1 aromatic carbocycles. The van der Waals surface area contributed by atoms with Gasteiger partial charge in [-0.15, -0.1) is 0 Å². The van der Waals surface area contributed by atoms with Gasteiger partial charge in [0.15, 0.2) is 5.96 Å². The van der Waals surface area contributed by atoms with Gasteiger partial charge in [-0.25, -0.2) is 4.99 Å². The molecule has 0 radical (unpaired) electrons. The zero-order chi connectivity index (χ0) is 20.3. The minimum atomic E-state index is 0.459. The van der Waals surface area contributed by atoms with E-state index in [0.717, 1.165) is 50.7 Å². The average Bonchev–Trinajstić information content (AvgIpc) is 2.73. The molecule has 2 aromatic rings. The fraction of sp³-hybridized carbons (Fsp3) is 0.478. The standard InChI is InChI=1S/C23H33N5O/c1-3-25-23(26-12-15-29-22-8-5-11-24-17-22)27-21-9-13-28(14-10-21)18-20-7-4-6-19(2)16-20/h4-8,11,16-17,21H,3,9-10,12-15,18H2,1-2H3,(H2,25,26,27). The number of guanidine groups is 1. The molecule has 0 atom stereocenters. The molecule has 1 aliphatic heterocycles. The molecule has 29 heavy (non-hydrogen) atoms. The fourth-order valence-corrected chi connectivity index (χ4v) is 3.57. The summed E-state index contributed by atoms with van der Waals surface area (Å²) < 4.78 is 5.67. The molecule has 6 heteroatoms. The number of aromatic nitrogens is 1. The topological polar surface area (TPSA) is 61.8 Å². The quantitative estimate of drug-likeness (QED) is 0.409. The Morgan fingerprint density at radius 1 is 1.24 bits per heavy atom. The van der Waals surface area contributed by atoms with Gasteiger partial charge in [-0.2, -0.15) is 0 Å². The zero-order valence-corrected chi connectivity index (χ0v) is 17.6.